The van der Waals surface area contributed by atoms with Crippen LogP contribution >= 0.6 is 0 Å². The number of rotatable bonds is 5. The second-order valence-electron chi connectivity index (χ2n) is 5.47. The van der Waals surface area contributed by atoms with E-state index in [-0.39, 0.29) is 5.82 Å². The van der Waals surface area contributed by atoms with Gasteiger partial charge in [-0.25, -0.2) is 9.37 Å². The number of hydrogen-bond donors (Lipinski definition) is 1. The number of anilines is 1. The van der Waals surface area contributed by atoms with Crippen molar-refractivity contribution in [3.8, 4) is 11.5 Å². The first kappa shape index (κ1) is 15.0. The Balaban J connectivity index is 1.76. The molecule has 0 atom stereocenters. The molecule has 0 bridgehead atoms. The Kier molecular flexibility index (Phi) is 4.70. The summed E-state index contributed by atoms with van der Waals surface area (Å²) in [5.74, 6) is 0.179. The quantitative estimate of drug-likeness (QED) is 0.915. The highest BCUT2D eigenvalue weighted by Crippen LogP contribution is 2.31. The van der Waals surface area contributed by atoms with Crippen LogP contribution in [0.1, 0.15) is 6.42 Å². The van der Waals surface area contributed by atoms with Gasteiger partial charge in [-0.05, 0) is 37.7 Å². The SMILES string of the molecule is NCCCN1CCN(c2ccc(F)cc2-c2ncco2)CC1. The van der Waals surface area contributed by atoms with Crippen molar-refractivity contribution >= 4 is 5.69 Å². The molecule has 0 unspecified atom stereocenters. The smallest absolute Gasteiger partial charge is 0.228 e. The van der Waals surface area contributed by atoms with E-state index in [1.165, 1.54) is 18.4 Å². The number of aromatic nitrogens is 1. The van der Waals surface area contributed by atoms with Crippen molar-refractivity contribution in [2.75, 3.05) is 44.2 Å². The molecule has 5 nitrogen and oxygen atoms in total. The van der Waals surface area contributed by atoms with E-state index in [2.05, 4.69) is 14.8 Å². The highest BCUT2D eigenvalue weighted by atomic mass is 19.1. The van der Waals surface area contributed by atoms with Gasteiger partial charge >= 0.3 is 0 Å². The minimum absolute atomic E-state index is 0.279. The van der Waals surface area contributed by atoms with Crippen molar-refractivity contribution < 1.29 is 8.81 Å². The Bertz CT molecular complexity index is 594. The largest absolute Gasteiger partial charge is 0.444 e. The molecule has 2 aromatic rings. The molecule has 1 fully saturated rings. The van der Waals surface area contributed by atoms with Gasteiger partial charge in [0.2, 0.25) is 5.89 Å². The molecular weight excluding hydrogens is 283 g/mol. The van der Waals surface area contributed by atoms with Crippen LogP contribution in [0, 0.1) is 5.82 Å². The Labute approximate surface area is 129 Å². The minimum atomic E-state index is -0.279. The van der Waals surface area contributed by atoms with E-state index in [9.17, 15) is 4.39 Å². The summed E-state index contributed by atoms with van der Waals surface area (Å²) in [6.45, 7) is 5.56. The van der Waals surface area contributed by atoms with Gasteiger partial charge < -0.3 is 15.1 Å². The standard InChI is InChI=1S/C16H21FN4O/c17-13-2-3-15(14(12-13)16-19-5-11-22-16)21-9-7-20(8-10-21)6-1-4-18/h2-3,5,11-12H,1,4,6-10,18H2. The van der Waals surface area contributed by atoms with E-state index in [1.54, 1.807) is 6.20 Å². The average Bonchev–Trinajstić information content (AvgIpc) is 3.08. The molecule has 3 rings (SSSR count). The van der Waals surface area contributed by atoms with Crippen molar-refractivity contribution in [3.63, 3.8) is 0 Å². The third kappa shape index (κ3) is 3.28. The number of benzene rings is 1. The van der Waals surface area contributed by atoms with E-state index in [0.29, 0.717) is 11.5 Å². The fraction of sp³-hybridized carbons (Fsp3) is 0.438. The van der Waals surface area contributed by atoms with Crippen LogP contribution in [-0.4, -0.2) is 49.2 Å². The van der Waals surface area contributed by atoms with E-state index in [1.807, 2.05) is 6.07 Å². The molecular formula is C16H21FN4O. The van der Waals surface area contributed by atoms with Crippen LogP contribution in [0.5, 0.6) is 0 Å². The van der Waals surface area contributed by atoms with Crippen molar-refractivity contribution in [2.24, 2.45) is 5.73 Å². The fourth-order valence-corrected chi connectivity index (χ4v) is 2.84. The first-order valence-electron chi connectivity index (χ1n) is 7.64. The molecule has 0 amide bonds. The molecule has 1 saturated heterocycles. The summed E-state index contributed by atoms with van der Waals surface area (Å²) >= 11 is 0. The number of halogens is 1. The van der Waals surface area contributed by atoms with Crippen LogP contribution in [0.4, 0.5) is 10.1 Å². The van der Waals surface area contributed by atoms with Gasteiger partial charge in [0.25, 0.3) is 0 Å². The molecule has 1 aliphatic rings. The summed E-state index contributed by atoms with van der Waals surface area (Å²) in [5.41, 5.74) is 7.25. The van der Waals surface area contributed by atoms with Gasteiger partial charge in [0.05, 0.1) is 11.8 Å². The lowest BCUT2D eigenvalue weighted by Gasteiger charge is -2.36. The Hall–Kier alpha value is -1.92. The summed E-state index contributed by atoms with van der Waals surface area (Å²) in [6.07, 6.45) is 4.11. The maximum atomic E-state index is 13.6. The minimum Gasteiger partial charge on any atom is -0.444 e. The Morgan fingerprint density at radius 1 is 1.23 bits per heavy atom. The van der Waals surface area contributed by atoms with Gasteiger partial charge in [0, 0.05) is 31.9 Å². The van der Waals surface area contributed by atoms with Gasteiger partial charge in [-0.3, -0.25) is 4.90 Å². The molecule has 1 aromatic carbocycles. The van der Waals surface area contributed by atoms with Crippen LogP contribution < -0.4 is 10.6 Å². The summed E-state index contributed by atoms with van der Waals surface area (Å²) in [7, 11) is 0. The maximum Gasteiger partial charge on any atom is 0.228 e. The van der Waals surface area contributed by atoms with Crippen LogP contribution in [0.15, 0.2) is 35.1 Å². The molecule has 0 spiro atoms. The van der Waals surface area contributed by atoms with Gasteiger partial charge in [-0.15, -0.1) is 0 Å². The Morgan fingerprint density at radius 3 is 2.73 bits per heavy atom. The summed E-state index contributed by atoms with van der Waals surface area (Å²) in [5, 5.41) is 0. The second kappa shape index (κ2) is 6.89. The predicted octanol–water partition coefficient (Wildman–Crippen LogP) is 1.95. The first-order chi connectivity index (χ1) is 10.8. The van der Waals surface area contributed by atoms with Crippen molar-refractivity contribution in [1.82, 2.24) is 9.88 Å². The van der Waals surface area contributed by atoms with Crippen molar-refractivity contribution in [2.45, 2.75) is 6.42 Å². The number of oxazole rings is 1. The van der Waals surface area contributed by atoms with Gasteiger partial charge in [-0.1, -0.05) is 0 Å². The van der Waals surface area contributed by atoms with E-state index in [0.717, 1.165) is 51.4 Å². The zero-order valence-corrected chi connectivity index (χ0v) is 12.5. The molecule has 6 heteroatoms. The average molecular weight is 304 g/mol. The zero-order chi connectivity index (χ0) is 15.4. The van der Waals surface area contributed by atoms with E-state index in [4.69, 9.17) is 10.2 Å². The van der Waals surface area contributed by atoms with Gasteiger partial charge in [0.15, 0.2) is 0 Å². The predicted molar refractivity (Wildman–Crippen MR) is 84.2 cm³/mol. The monoisotopic (exact) mass is 304 g/mol. The summed E-state index contributed by atoms with van der Waals surface area (Å²) in [4.78, 5) is 8.83. The number of piperazine rings is 1. The summed E-state index contributed by atoms with van der Waals surface area (Å²) in [6, 6.07) is 4.79. The first-order valence-corrected chi connectivity index (χ1v) is 7.64. The van der Waals surface area contributed by atoms with E-state index < -0.39 is 0 Å². The zero-order valence-electron chi connectivity index (χ0n) is 12.5. The molecule has 1 aliphatic heterocycles. The molecule has 0 radical (unpaired) electrons. The fourth-order valence-electron chi connectivity index (χ4n) is 2.84. The number of hydrogen-bond acceptors (Lipinski definition) is 5. The molecule has 22 heavy (non-hydrogen) atoms. The van der Waals surface area contributed by atoms with Crippen LogP contribution in [0.2, 0.25) is 0 Å². The third-order valence-corrected chi connectivity index (χ3v) is 4.01. The molecule has 118 valence electrons. The highest BCUT2D eigenvalue weighted by Gasteiger charge is 2.21. The lowest BCUT2D eigenvalue weighted by atomic mass is 10.1. The van der Waals surface area contributed by atoms with E-state index >= 15 is 0 Å². The van der Waals surface area contributed by atoms with Crippen molar-refractivity contribution in [1.29, 1.82) is 0 Å². The molecule has 0 saturated carbocycles. The topological polar surface area (TPSA) is 58.5 Å². The molecule has 2 heterocycles. The van der Waals surface area contributed by atoms with Crippen LogP contribution in [-0.2, 0) is 0 Å². The normalized spacial score (nSPS) is 16.2. The lowest BCUT2D eigenvalue weighted by molar-refractivity contribution is 0.256. The molecule has 0 aliphatic carbocycles. The second-order valence-corrected chi connectivity index (χ2v) is 5.47. The number of nitrogens with zero attached hydrogens (tertiary/aromatic N) is 3. The number of nitrogens with two attached hydrogens (primary N) is 1. The van der Waals surface area contributed by atoms with Crippen molar-refractivity contribution in [3.05, 3.63) is 36.5 Å². The molecule has 2 N–H and O–H groups in total. The van der Waals surface area contributed by atoms with Crippen LogP contribution in [0.3, 0.4) is 0 Å². The summed E-state index contributed by atoms with van der Waals surface area (Å²) < 4.78 is 19.0. The third-order valence-electron chi connectivity index (χ3n) is 4.01. The maximum absolute atomic E-state index is 13.6. The lowest BCUT2D eigenvalue weighted by Crippen LogP contribution is -2.47. The van der Waals surface area contributed by atoms with Crippen LogP contribution in [0.25, 0.3) is 11.5 Å². The van der Waals surface area contributed by atoms with Gasteiger partial charge in [-0.2, -0.15) is 0 Å². The highest BCUT2D eigenvalue weighted by molar-refractivity contribution is 5.73. The molecule has 1 aromatic heterocycles. The van der Waals surface area contributed by atoms with Gasteiger partial charge in [0.1, 0.15) is 12.1 Å². The Morgan fingerprint density at radius 2 is 2.05 bits per heavy atom.